The predicted octanol–water partition coefficient (Wildman–Crippen LogP) is 3.95. The van der Waals surface area contributed by atoms with E-state index in [1.165, 1.54) is 19.2 Å². The van der Waals surface area contributed by atoms with Gasteiger partial charge in [0, 0.05) is 5.56 Å². The van der Waals surface area contributed by atoms with Crippen molar-refractivity contribution < 1.29 is 18.6 Å². The average molecular weight is 309 g/mol. The number of fused-ring (bicyclic) bond motifs is 1. The quantitative estimate of drug-likeness (QED) is 0.803. The Morgan fingerprint density at radius 1 is 1.24 bits per heavy atom. The van der Waals surface area contributed by atoms with E-state index in [1.807, 2.05) is 24.3 Å². The van der Waals surface area contributed by atoms with E-state index >= 15 is 0 Å². The molecule has 1 heterocycles. The van der Waals surface area contributed by atoms with E-state index < -0.39 is 11.5 Å². The number of para-hydroxylation sites is 2. The van der Waals surface area contributed by atoms with Crippen LogP contribution in [0.5, 0.6) is 17.2 Å². The Morgan fingerprint density at radius 3 is 2.76 bits per heavy atom. The molecule has 0 aliphatic carbocycles. The number of hydrogen-bond donors (Lipinski definition) is 0. The van der Waals surface area contributed by atoms with Crippen LogP contribution in [0.1, 0.15) is 10.9 Å². The minimum Gasteiger partial charge on any atom is -0.496 e. The molecule has 3 rings (SSSR count). The first-order valence-electron chi connectivity index (χ1n) is 6.55. The molecule has 0 aromatic heterocycles. The summed E-state index contributed by atoms with van der Waals surface area (Å²) in [5.74, 6) is 1.48. The Labute approximate surface area is 127 Å². The van der Waals surface area contributed by atoms with E-state index in [0.29, 0.717) is 29.4 Å². The predicted molar refractivity (Wildman–Crippen MR) is 77.9 cm³/mol. The molecule has 2 aromatic rings. The van der Waals surface area contributed by atoms with E-state index in [4.69, 9.17) is 25.8 Å². The third-order valence-corrected chi connectivity index (χ3v) is 3.86. The number of hydrogen-bond acceptors (Lipinski definition) is 3. The van der Waals surface area contributed by atoms with Crippen LogP contribution in [0.4, 0.5) is 4.39 Å². The fourth-order valence-corrected chi connectivity index (χ4v) is 2.60. The Morgan fingerprint density at radius 2 is 2.00 bits per heavy atom. The number of methoxy groups -OCH3 is 1. The smallest absolute Gasteiger partial charge is 0.161 e. The summed E-state index contributed by atoms with van der Waals surface area (Å²) in [6.45, 7) is 0.296. The number of halogens is 2. The van der Waals surface area contributed by atoms with E-state index in [2.05, 4.69) is 0 Å². The van der Waals surface area contributed by atoms with E-state index in [0.717, 1.165) is 0 Å². The van der Waals surface area contributed by atoms with Crippen molar-refractivity contribution in [1.82, 2.24) is 0 Å². The van der Waals surface area contributed by atoms with Gasteiger partial charge in [0.2, 0.25) is 0 Å². The van der Waals surface area contributed by atoms with Crippen molar-refractivity contribution in [2.75, 3.05) is 13.7 Å². The van der Waals surface area contributed by atoms with Gasteiger partial charge in [-0.2, -0.15) is 0 Å². The maximum atomic E-state index is 13.5. The summed E-state index contributed by atoms with van der Waals surface area (Å²) >= 11 is 6.46. The maximum Gasteiger partial charge on any atom is 0.161 e. The van der Waals surface area contributed by atoms with Crippen molar-refractivity contribution >= 4 is 11.6 Å². The third-order valence-electron chi connectivity index (χ3n) is 3.35. The molecule has 1 aliphatic rings. The Bertz CT molecular complexity index is 647. The van der Waals surface area contributed by atoms with Crippen LogP contribution in [0.2, 0.25) is 0 Å². The molecule has 0 bridgehead atoms. The SMILES string of the molecule is COc1ccc(F)cc1C(Cl)C1COc2ccccc2O1. The molecular weight excluding hydrogens is 295 g/mol. The lowest BCUT2D eigenvalue weighted by atomic mass is 10.1. The van der Waals surface area contributed by atoms with Gasteiger partial charge in [0.25, 0.3) is 0 Å². The summed E-state index contributed by atoms with van der Waals surface area (Å²) in [5.41, 5.74) is 0.548. The number of benzene rings is 2. The molecule has 0 radical (unpaired) electrons. The van der Waals surface area contributed by atoms with Gasteiger partial charge in [-0.3, -0.25) is 0 Å². The van der Waals surface area contributed by atoms with Gasteiger partial charge in [0.1, 0.15) is 23.6 Å². The summed E-state index contributed by atoms with van der Waals surface area (Å²) in [6.07, 6.45) is -0.419. The fourth-order valence-electron chi connectivity index (χ4n) is 2.30. The van der Waals surface area contributed by atoms with Crippen LogP contribution in [0.25, 0.3) is 0 Å². The molecule has 0 amide bonds. The van der Waals surface area contributed by atoms with Crippen molar-refractivity contribution in [1.29, 1.82) is 0 Å². The van der Waals surface area contributed by atoms with E-state index in [-0.39, 0.29) is 5.82 Å². The zero-order chi connectivity index (χ0) is 14.8. The van der Waals surface area contributed by atoms with Gasteiger partial charge in [0.05, 0.1) is 7.11 Å². The van der Waals surface area contributed by atoms with Crippen LogP contribution in [0.3, 0.4) is 0 Å². The molecule has 21 heavy (non-hydrogen) atoms. The first-order valence-corrected chi connectivity index (χ1v) is 6.98. The topological polar surface area (TPSA) is 27.7 Å². The zero-order valence-electron chi connectivity index (χ0n) is 11.4. The van der Waals surface area contributed by atoms with Crippen molar-refractivity contribution in [2.24, 2.45) is 0 Å². The lowest BCUT2D eigenvalue weighted by Gasteiger charge is -2.30. The standard InChI is InChI=1S/C16H14ClFO3/c1-19-12-7-6-10(18)8-11(12)16(17)15-9-20-13-4-2-3-5-14(13)21-15/h2-8,15-16H,9H2,1H3. The first-order chi connectivity index (χ1) is 10.2. The lowest BCUT2D eigenvalue weighted by molar-refractivity contribution is 0.0872. The zero-order valence-corrected chi connectivity index (χ0v) is 12.1. The minimum absolute atomic E-state index is 0.296. The van der Waals surface area contributed by atoms with Gasteiger partial charge in [-0.25, -0.2) is 4.39 Å². The molecule has 5 heteroatoms. The third kappa shape index (κ3) is 2.76. The lowest BCUT2D eigenvalue weighted by Crippen LogP contribution is -2.33. The normalized spacial score (nSPS) is 18.1. The monoisotopic (exact) mass is 308 g/mol. The van der Waals surface area contributed by atoms with Crippen LogP contribution in [-0.4, -0.2) is 19.8 Å². The fraction of sp³-hybridized carbons (Fsp3) is 0.250. The number of ether oxygens (including phenoxy) is 3. The van der Waals surface area contributed by atoms with Crippen molar-refractivity contribution in [3.8, 4) is 17.2 Å². The Balaban J connectivity index is 1.87. The summed E-state index contributed by atoms with van der Waals surface area (Å²) < 4.78 is 30.2. The molecule has 0 spiro atoms. The molecule has 0 N–H and O–H groups in total. The average Bonchev–Trinajstić information content (AvgIpc) is 2.53. The highest BCUT2D eigenvalue weighted by Crippen LogP contribution is 2.39. The van der Waals surface area contributed by atoms with Gasteiger partial charge in [-0.15, -0.1) is 11.6 Å². The Kier molecular flexibility index (Phi) is 3.88. The van der Waals surface area contributed by atoms with Crippen molar-refractivity contribution in [3.05, 3.63) is 53.8 Å². The van der Waals surface area contributed by atoms with E-state index in [9.17, 15) is 4.39 Å². The first kappa shape index (κ1) is 14.0. The molecule has 2 aromatic carbocycles. The van der Waals surface area contributed by atoms with Gasteiger partial charge < -0.3 is 14.2 Å². The van der Waals surface area contributed by atoms with Gasteiger partial charge in [-0.05, 0) is 30.3 Å². The molecule has 110 valence electrons. The van der Waals surface area contributed by atoms with E-state index in [1.54, 1.807) is 6.07 Å². The van der Waals surface area contributed by atoms with Gasteiger partial charge in [-0.1, -0.05) is 12.1 Å². The number of rotatable bonds is 3. The molecule has 3 nitrogen and oxygen atoms in total. The molecule has 2 unspecified atom stereocenters. The molecule has 0 saturated carbocycles. The molecule has 0 saturated heterocycles. The number of alkyl halides is 1. The van der Waals surface area contributed by atoms with Crippen LogP contribution >= 0.6 is 11.6 Å². The molecular formula is C16H14ClFO3. The van der Waals surface area contributed by atoms with Gasteiger partial charge >= 0.3 is 0 Å². The second-order valence-electron chi connectivity index (χ2n) is 4.70. The second kappa shape index (κ2) is 5.82. The summed E-state index contributed by atoms with van der Waals surface area (Å²) in [6, 6.07) is 11.6. The maximum absolute atomic E-state index is 13.5. The molecule has 0 fully saturated rings. The van der Waals surface area contributed by atoms with Crippen LogP contribution in [0, 0.1) is 5.82 Å². The van der Waals surface area contributed by atoms with Crippen LogP contribution in [-0.2, 0) is 0 Å². The molecule has 1 aliphatic heterocycles. The molecule has 2 atom stereocenters. The van der Waals surface area contributed by atoms with Gasteiger partial charge in [0.15, 0.2) is 17.6 Å². The van der Waals surface area contributed by atoms with Crippen LogP contribution in [0.15, 0.2) is 42.5 Å². The largest absolute Gasteiger partial charge is 0.496 e. The second-order valence-corrected chi connectivity index (χ2v) is 5.17. The summed E-state index contributed by atoms with van der Waals surface area (Å²) in [4.78, 5) is 0. The summed E-state index contributed by atoms with van der Waals surface area (Å²) in [7, 11) is 1.52. The highest BCUT2D eigenvalue weighted by molar-refractivity contribution is 6.21. The highest BCUT2D eigenvalue weighted by Gasteiger charge is 2.30. The van der Waals surface area contributed by atoms with Crippen molar-refractivity contribution in [3.63, 3.8) is 0 Å². The van der Waals surface area contributed by atoms with Crippen molar-refractivity contribution in [2.45, 2.75) is 11.5 Å². The Hall–Kier alpha value is -1.94. The van der Waals surface area contributed by atoms with Crippen LogP contribution < -0.4 is 14.2 Å². The minimum atomic E-state index is -0.580. The highest BCUT2D eigenvalue weighted by atomic mass is 35.5. The summed E-state index contributed by atoms with van der Waals surface area (Å²) in [5, 5.41) is -0.580.